The second-order valence-corrected chi connectivity index (χ2v) is 5.25. The Morgan fingerprint density at radius 2 is 2.06 bits per heavy atom. The molecule has 0 spiro atoms. The molecule has 18 heavy (non-hydrogen) atoms. The summed E-state index contributed by atoms with van der Waals surface area (Å²) in [4.78, 5) is 4.13. The first kappa shape index (κ1) is 12.9. The molecule has 0 aliphatic rings. The Kier molecular flexibility index (Phi) is 3.84. The molecule has 6 heteroatoms. The van der Waals surface area contributed by atoms with E-state index in [4.69, 9.17) is 11.0 Å². The lowest BCUT2D eigenvalue weighted by atomic mass is 10.2. The minimum Gasteiger partial charge on any atom is -0.395 e. The van der Waals surface area contributed by atoms with Gasteiger partial charge in [0.15, 0.2) is 5.82 Å². The van der Waals surface area contributed by atoms with Crippen LogP contribution in [0.25, 0.3) is 0 Å². The van der Waals surface area contributed by atoms with Gasteiger partial charge in [0.1, 0.15) is 6.07 Å². The van der Waals surface area contributed by atoms with Gasteiger partial charge in [0.2, 0.25) is 0 Å². The second-order valence-electron chi connectivity index (χ2n) is 3.48. The smallest absolute Gasteiger partial charge is 0.154 e. The van der Waals surface area contributed by atoms with Gasteiger partial charge in [-0.1, -0.05) is 15.9 Å². The molecule has 2 aromatic rings. The molecule has 3 N–H and O–H groups in total. The summed E-state index contributed by atoms with van der Waals surface area (Å²) in [5.74, 6) is 0.466. The van der Waals surface area contributed by atoms with E-state index < -0.39 is 0 Å². The van der Waals surface area contributed by atoms with Crippen molar-refractivity contribution in [1.82, 2.24) is 4.98 Å². The summed E-state index contributed by atoms with van der Waals surface area (Å²) < 4.78 is 1.82. The van der Waals surface area contributed by atoms with E-state index in [0.717, 1.165) is 14.6 Å². The van der Waals surface area contributed by atoms with Crippen molar-refractivity contribution in [2.24, 2.45) is 0 Å². The van der Waals surface area contributed by atoms with Gasteiger partial charge in [0.25, 0.3) is 0 Å². The third-order valence-electron chi connectivity index (χ3n) is 2.29. The average molecular weight is 368 g/mol. The summed E-state index contributed by atoms with van der Waals surface area (Å²) in [5.41, 5.74) is 7.41. The normalized spacial score (nSPS) is 9.83. The molecule has 0 aliphatic heterocycles. The molecule has 1 aromatic carbocycles. The highest BCUT2D eigenvalue weighted by molar-refractivity contribution is 9.11. The highest BCUT2D eigenvalue weighted by atomic mass is 79.9. The van der Waals surface area contributed by atoms with Crippen LogP contribution in [0.5, 0.6) is 0 Å². The number of nitrogens with zero attached hydrogens (tertiary/aromatic N) is 2. The summed E-state index contributed by atoms with van der Waals surface area (Å²) >= 11 is 6.82. The maximum atomic E-state index is 8.91. The van der Waals surface area contributed by atoms with Gasteiger partial charge in [-0.15, -0.1) is 0 Å². The summed E-state index contributed by atoms with van der Waals surface area (Å²) in [6.07, 6.45) is 1.54. The third-order valence-corrected chi connectivity index (χ3v) is 3.48. The predicted molar refractivity (Wildman–Crippen MR) is 78.5 cm³/mol. The van der Waals surface area contributed by atoms with E-state index >= 15 is 0 Å². The van der Waals surface area contributed by atoms with Crippen LogP contribution in [-0.2, 0) is 0 Å². The largest absolute Gasteiger partial charge is 0.395 e. The SMILES string of the molecule is N#Cc1ccnc(Nc2cc(Br)ccc2Br)c1N. The molecule has 0 saturated heterocycles. The second kappa shape index (κ2) is 5.38. The molecule has 0 unspecified atom stereocenters. The first-order valence-corrected chi connectivity index (χ1v) is 6.57. The Labute approximate surface area is 121 Å². The quantitative estimate of drug-likeness (QED) is 0.846. The van der Waals surface area contributed by atoms with Crippen LogP contribution in [0.1, 0.15) is 5.56 Å². The van der Waals surface area contributed by atoms with Crippen LogP contribution in [0, 0.1) is 11.3 Å². The molecule has 90 valence electrons. The number of nitrogens with one attached hydrogen (secondary N) is 1. The molecule has 0 aliphatic carbocycles. The van der Waals surface area contributed by atoms with Crippen molar-refractivity contribution in [3.8, 4) is 6.07 Å². The molecule has 0 radical (unpaired) electrons. The number of aromatic nitrogens is 1. The number of nitrogen functional groups attached to an aromatic ring is 1. The molecule has 1 heterocycles. The fraction of sp³-hybridized carbons (Fsp3) is 0. The maximum Gasteiger partial charge on any atom is 0.154 e. The molecule has 0 atom stereocenters. The Balaban J connectivity index is 2.41. The lowest BCUT2D eigenvalue weighted by Gasteiger charge is -2.10. The van der Waals surface area contributed by atoms with Crippen molar-refractivity contribution in [1.29, 1.82) is 5.26 Å². The zero-order valence-electron chi connectivity index (χ0n) is 9.11. The number of benzene rings is 1. The highest BCUT2D eigenvalue weighted by Crippen LogP contribution is 2.30. The zero-order valence-corrected chi connectivity index (χ0v) is 12.3. The number of hydrogen-bond acceptors (Lipinski definition) is 4. The number of nitrogens with two attached hydrogens (primary N) is 1. The minimum absolute atomic E-state index is 0.340. The van der Waals surface area contributed by atoms with Crippen molar-refractivity contribution in [3.63, 3.8) is 0 Å². The van der Waals surface area contributed by atoms with Crippen LogP contribution in [0.15, 0.2) is 39.4 Å². The average Bonchev–Trinajstić information content (AvgIpc) is 2.36. The monoisotopic (exact) mass is 366 g/mol. The third kappa shape index (κ3) is 2.63. The van der Waals surface area contributed by atoms with E-state index in [2.05, 4.69) is 42.2 Å². The number of anilines is 3. The number of rotatable bonds is 2. The van der Waals surface area contributed by atoms with E-state index in [1.165, 1.54) is 0 Å². The molecule has 1 aromatic heterocycles. The fourth-order valence-electron chi connectivity index (χ4n) is 1.39. The molecule has 2 rings (SSSR count). The van der Waals surface area contributed by atoms with Gasteiger partial charge < -0.3 is 11.1 Å². The van der Waals surface area contributed by atoms with Crippen LogP contribution in [0.2, 0.25) is 0 Å². The first-order chi connectivity index (χ1) is 8.61. The van der Waals surface area contributed by atoms with Gasteiger partial charge in [-0.2, -0.15) is 5.26 Å². The molecular weight excluding hydrogens is 360 g/mol. The van der Waals surface area contributed by atoms with E-state index in [-0.39, 0.29) is 0 Å². The van der Waals surface area contributed by atoms with Crippen LogP contribution in [-0.4, -0.2) is 4.98 Å². The van der Waals surface area contributed by atoms with Crippen LogP contribution in [0.4, 0.5) is 17.2 Å². The van der Waals surface area contributed by atoms with Gasteiger partial charge in [0, 0.05) is 15.1 Å². The van der Waals surface area contributed by atoms with E-state index in [1.807, 2.05) is 24.3 Å². The Hall–Kier alpha value is -1.58. The first-order valence-electron chi connectivity index (χ1n) is 4.98. The summed E-state index contributed by atoms with van der Waals surface area (Å²) in [6, 6.07) is 9.31. The van der Waals surface area contributed by atoms with Crippen molar-refractivity contribution in [2.45, 2.75) is 0 Å². The minimum atomic E-state index is 0.340. The van der Waals surface area contributed by atoms with E-state index in [1.54, 1.807) is 12.3 Å². The molecule has 4 nitrogen and oxygen atoms in total. The van der Waals surface area contributed by atoms with Crippen molar-refractivity contribution >= 4 is 49.1 Å². The van der Waals surface area contributed by atoms with Crippen molar-refractivity contribution < 1.29 is 0 Å². The number of hydrogen-bond donors (Lipinski definition) is 2. The Morgan fingerprint density at radius 1 is 1.28 bits per heavy atom. The molecule has 0 bridgehead atoms. The maximum absolute atomic E-state index is 8.91. The molecule has 0 amide bonds. The van der Waals surface area contributed by atoms with Gasteiger partial charge in [0.05, 0.1) is 16.9 Å². The highest BCUT2D eigenvalue weighted by Gasteiger charge is 2.08. The van der Waals surface area contributed by atoms with E-state index in [0.29, 0.717) is 17.1 Å². The van der Waals surface area contributed by atoms with Crippen LogP contribution < -0.4 is 11.1 Å². The van der Waals surface area contributed by atoms with Gasteiger partial charge in [-0.05, 0) is 40.2 Å². The summed E-state index contributed by atoms with van der Waals surface area (Å²) in [6.45, 7) is 0. The molecule has 0 fully saturated rings. The number of pyridine rings is 1. The van der Waals surface area contributed by atoms with Crippen LogP contribution >= 0.6 is 31.9 Å². The number of halogens is 2. The lowest BCUT2D eigenvalue weighted by molar-refractivity contribution is 1.29. The fourth-order valence-corrected chi connectivity index (χ4v) is 2.10. The predicted octanol–water partition coefficient (Wildman–Crippen LogP) is 3.80. The van der Waals surface area contributed by atoms with Crippen molar-refractivity contribution in [3.05, 3.63) is 45.0 Å². The van der Waals surface area contributed by atoms with Gasteiger partial charge in [-0.3, -0.25) is 0 Å². The molecular formula is C12H8Br2N4. The number of nitriles is 1. The topological polar surface area (TPSA) is 74.7 Å². The van der Waals surface area contributed by atoms with Crippen LogP contribution in [0.3, 0.4) is 0 Å². The lowest BCUT2D eigenvalue weighted by Crippen LogP contribution is -2.01. The van der Waals surface area contributed by atoms with E-state index in [9.17, 15) is 0 Å². The Morgan fingerprint density at radius 3 is 2.78 bits per heavy atom. The summed E-state index contributed by atoms with van der Waals surface area (Å²) in [7, 11) is 0. The van der Waals surface area contributed by atoms with Crippen molar-refractivity contribution in [2.75, 3.05) is 11.1 Å². The summed E-state index contributed by atoms with van der Waals surface area (Å²) in [5, 5.41) is 12.0. The standard InChI is InChI=1S/C12H8Br2N4/c13-8-1-2-9(14)10(5-8)18-12-11(16)7(6-15)3-4-17-12/h1-5H,16H2,(H,17,18). The van der Waals surface area contributed by atoms with Gasteiger partial charge >= 0.3 is 0 Å². The Bertz CT molecular complexity index is 634. The van der Waals surface area contributed by atoms with Gasteiger partial charge in [-0.25, -0.2) is 4.98 Å². The molecule has 0 saturated carbocycles. The zero-order chi connectivity index (χ0) is 13.1.